The van der Waals surface area contributed by atoms with Crippen molar-refractivity contribution in [2.24, 2.45) is 5.14 Å². The average Bonchev–Trinajstić information content (AvgIpc) is 2.79. The van der Waals surface area contributed by atoms with Crippen LogP contribution in [0.15, 0.2) is 83.8 Å². The SMILES string of the molecule is CC(OC(=O)c1ccc(Cl)c(S(N)(=O)=O)c1)C(=O)N(Cc1ccccc1)Cc1ccccc1. The van der Waals surface area contributed by atoms with E-state index in [1.54, 1.807) is 4.90 Å². The maximum absolute atomic E-state index is 13.2. The zero-order valence-corrected chi connectivity index (χ0v) is 19.4. The highest BCUT2D eigenvalue weighted by atomic mass is 35.5. The monoisotopic (exact) mass is 486 g/mol. The first-order valence-corrected chi connectivity index (χ1v) is 12.0. The molecule has 3 aromatic carbocycles. The van der Waals surface area contributed by atoms with Crippen molar-refractivity contribution in [3.8, 4) is 0 Å². The molecule has 0 saturated heterocycles. The first kappa shape index (κ1) is 24.4. The summed E-state index contributed by atoms with van der Waals surface area (Å²) in [7, 11) is -4.13. The summed E-state index contributed by atoms with van der Waals surface area (Å²) in [5.41, 5.74) is 1.77. The molecule has 0 aliphatic rings. The number of hydrogen-bond donors (Lipinski definition) is 1. The van der Waals surface area contributed by atoms with Crippen molar-refractivity contribution in [2.75, 3.05) is 0 Å². The predicted molar refractivity (Wildman–Crippen MR) is 125 cm³/mol. The van der Waals surface area contributed by atoms with E-state index in [2.05, 4.69) is 0 Å². The van der Waals surface area contributed by atoms with Crippen LogP contribution >= 0.6 is 11.6 Å². The number of amides is 1. The fraction of sp³-hybridized carbons (Fsp3) is 0.167. The molecule has 9 heteroatoms. The molecular weight excluding hydrogens is 464 g/mol. The molecule has 3 rings (SSSR count). The summed E-state index contributed by atoms with van der Waals surface area (Å²) < 4.78 is 28.7. The molecular formula is C24H23ClN2O5S. The highest BCUT2D eigenvalue weighted by Gasteiger charge is 2.26. The third-order valence-corrected chi connectivity index (χ3v) is 6.24. The summed E-state index contributed by atoms with van der Waals surface area (Å²) in [5, 5.41) is 5.02. The summed E-state index contributed by atoms with van der Waals surface area (Å²) in [4.78, 5) is 27.0. The van der Waals surface area contributed by atoms with Crippen molar-refractivity contribution in [3.05, 3.63) is 101 Å². The van der Waals surface area contributed by atoms with E-state index in [-0.39, 0.29) is 10.6 Å². The van der Waals surface area contributed by atoms with Gasteiger partial charge < -0.3 is 9.64 Å². The Morgan fingerprint density at radius 1 is 0.939 bits per heavy atom. The van der Waals surface area contributed by atoms with Gasteiger partial charge >= 0.3 is 5.97 Å². The van der Waals surface area contributed by atoms with Gasteiger partial charge in [-0.1, -0.05) is 72.3 Å². The standard InChI is InChI=1S/C24H23ClN2O5S/c1-17(32-24(29)20-12-13-21(25)22(14-20)33(26,30)31)23(28)27(15-18-8-4-2-5-9-18)16-19-10-6-3-7-11-19/h2-14,17H,15-16H2,1H3,(H2,26,30,31). The third-order valence-electron chi connectivity index (χ3n) is 4.85. The lowest BCUT2D eigenvalue weighted by Gasteiger charge is -2.26. The Balaban J connectivity index is 1.79. The van der Waals surface area contributed by atoms with Crippen LogP contribution in [0.3, 0.4) is 0 Å². The Hall–Kier alpha value is -3.20. The van der Waals surface area contributed by atoms with Crippen LogP contribution < -0.4 is 5.14 Å². The van der Waals surface area contributed by atoms with Gasteiger partial charge in [-0.3, -0.25) is 4.79 Å². The van der Waals surface area contributed by atoms with E-state index in [9.17, 15) is 18.0 Å². The number of carbonyl (C=O) groups is 2. The minimum absolute atomic E-state index is 0.0826. The first-order valence-electron chi connectivity index (χ1n) is 10.0. The van der Waals surface area contributed by atoms with Gasteiger partial charge in [0, 0.05) is 13.1 Å². The molecule has 33 heavy (non-hydrogen) atoms. The Kier molecular flexibility index (Phi) is 7.86. The normalized spacial score (nSPS) is 12.1. The molecule has 0 saturated carbocycles. The third kappa shape index (κ3) is 6.64. The molecule has 0 aliphatic heterocycles. The molecule has 172 valence electrons. The minimum atomic E-state index is -4.13. The molecule has 1 amide bonds. The molecule has 7 nitrogen and oxygen atoms in total. The number of halogens is 1. The lowest BCUT2D eigenvalue weighted by molar-refractivity contribution is -0.141. The highest BCUT2D eigenvalue weighted by molar-refractivity contribution is 7.89. The van der Waals surface area contributed by atoms with Gasteiger partial charge in [0.25, 0.3) is 5.91 Å². The number of hydrogen-bond acceptors (Lipinski definition) is 5. The number of sulfonamides is 1. The molecule has 0 radical (unpaired) electrons. The van der Waals surface area contributed by atoms with Crippen LogP contribution in [0.25, 0.3) is 0 Å². The molecule has 3 aromatic rings. The number of nitrogens with two attached hydrogens (primary N) is 1. The van der Waals surface area contributed by atoms with Crippen molar-refractivity contribution in [1.29, 1.82) is 0 Å². The van der Waals surface area contributed by atoms with Gasteiger partial charge in [0.05, 0.1) is 10.6 Å². The summed E-state index contributed by atoms with van der Waals surface area (Å²) in [6.45, 7) is 2.12. The van der Waals surface area contributed by atoms with Crippen molar-refractivity contribution < 1.29 is 22.7 Å². The zero-order valence-electron chi connectivity index (χ0n) is 17.8. The maximum Gasteiger partial charge on any atom is 0.338 e. The van der Waals surface area contributed by atoms with E-state index in [0.29, 0.717) is 13.1 Å². The van der Waals surface area contributed by atoms with Crippen molar-refractivity contribution >= 4 is 33.5 Å². The van der Waals surface area contributed by atoms with Crippen LogP contribution in [0.2, 0.25) is 5.02 Å². The van der Waals surface area contributed by atoms with Gasteiger partial charge in [-0.15, -0.1) is 0 Å². The smallest absolute Gasteiger partial charge is 0.338 e. The average molecular weight is 487 g/mol. The minimum Gasteiger partial charge on any atom is -0.449 e. The fourth-order valence-electron chi connectivity index (χ4n) is 3.20. The van der Waals surface area contributed by atoms with E-state index in [4.69, 9.17) is 21.5 Å². The maximum atomic E-state index is 13.2. The summed E-state index contributed by atoms with van der Waals surface area (Å²) >= 11 is 5.87. The molecule has 2 N–H and O–H groups in total. The molecule has 0 spiro atoms. The van der Waals surface area contributed by atoms with Crippen molar-refractivity contribution in [2.45, 2.75) is 31.0 Å². The van der Waals surface area contributed by atoms with Crippen LogP contribution in [-0.2, 0) is 32.6 Å². The molecule has 0 bridgehead atoms. The Morgan fingerprint density at radius 2 is 1.45 bits per heavy atom. The molecule has 1 atom stereocenters. The van der Waals surface area contributed by atoms with Crippen LogP contribution in [0.1, 0.15) is 28.4 Å². The predicted octanol–water partition coefficient (Wildman–Crippen LogP) is 3.76. The van der Waals surface area contributed by atoms with Crippen LogP contribution in [0.5, 0.6) is 0 Å². The number of esters is 1. The Bertz CT molecular complexity index is 1190. The van der Waals surface area contributed by atoms with E-state index < -0.39 is 32.9 Å². The fourth-order valence-corrected chi connectivity index (χ4v) is 4.28. The van der Waals surface area contributed by atoms with E-state index >= 15 is 0 Å². The van der Waals surface area contributed by atoms with E-state index in [0.717, 1.165) is 17.2 Å². The lowest BCUT2D eigenvalue weighted by atomic mass is 10.1. The number of nitrogens with zero attached hydrogens (tertiary/aromatic N) is 1. The second-order valence-electron chi connectivity index (χ2n) is 7.40. The number of primary sulfonamides is 1. The van der Waals surface area contributed by atoms with Gasteiger partial charge in [0.2, 0.25) is 10.0 Å². The quantitative estimate of drug-likeness (QED) is 0.488. The summed E-state index contributed by atoms with van der Waals surface area (Å²) in [6.07, 6.45) is -1.11. The second-order valence-corrected chi connectivity index (χ2v) is 9.34. The van der Waals surface area contributed by atoms with E-state index in [1.165, 1.54) is 19.1 Å². The Labute approximate surface area is 197 Å². The van der Waals surface area contributed by atoms with Gasteiger partial charge in [-0.2, -0.15) is 0 Å². The molecule has 0 aliphatic carbocycles. The van der Waals surface area contributed by atoms with Gasteiger partial charge in [-0.05, 0) is 36.2 Å². The van der Waals surface area contributed by atoms with E-state index in [1.807, 2.05) is 60.7 Å². The summed E-state index contributed by atoms with van der Waals surface area (Å²) in [6, 6.07) is 22.5. The van der Waals surface area contributed by atoms with Crippen molar-refractivity contribution in [1.82, 2.24) is 4.90 Å². The van der Waals surface area contributed by atoms with Crippen LogP contribution in [0, 0.1) is 0 Å². The van der Waals surface area contributed by atoms with Gasteiger partial charge in [-0.25, -0.2) is 18.4 Å². The van der Waals surface area contributed by atoms with Crippen LogP contribution in [0.4, 0.5) is 0 Å². The number of benzene rings is 3. The number of ether oxygens (including phenoxy) is 1. The topological polar surface area (TPSA) is 107 Å². The second kappa shape index (κ2) is 10.6. The summed E-state index contributed by atoms with van der Waals surface area (Å²) in [5.74, 6) is -1.26. The molecule has 0 fully saturated rings. The number of rotatable bonds is 8. The Morgan fingerprint density at radius 3 is 1.94 bits per heavy atom. The molecule has 0 aromatic heterocycles. The number of carbonyl (C=O) groups excluding carboxylic acids is 2. The zero-order chi connectivity index (χ0) is 24.0. The first-order chi connectivity index (χ1) is 15.6. The molecule has 0 heterocycles. The van der Waals surface area contributed by atoms with Crippen molar-refractivity contribution in [3.63, 3.8) is 0 Å². The van der Waals surface area contributed by atoms with Gasteiger partial charge in [0.1, 0.15) is 4.90 Å². The lowest BCUT2D eigenvalue weighted by Crippen LogP contribution is -2.39. The van der Waals surface area contributed by atoms with Crippen LogP contribution in [-0.4, -0.2) is 31.3 Å². The largest absolute Gasteiger partial charge is 0.449 e. The highest BCUT2D eigenvalue weighted by Crippen LogP contribution is 2.22. The van der Waals surface area contributed by atoms with Gasteiger partial charge in [0.15, 0.2) is 6.10 Å². The molecule has 1 unspecified atom stereocenters.